The lowest BCUT2D eigenvalue weighted by Gasteiger charge is -2.01. The van der Waals surface area contributed by atoms with Gasteiger partial charge in [-0.1, -0.05) is 17.7 Å². The Kier molecular flexibility index (Phi) is 3.85. The molecule has 1 aromatic carbocycles. The second kappa shape index (κ2) is 5.57. The van der Waals surface area contributed by atoms with E-state index >= 15 is 0 Å². The van der Waals surface area contributed by atoms with Crippen molar-refractivity contribution in [1.82, 2.24) is 20.2 Å². The van der Waals surface area contributed by atoms with Gasteiger partial charge >= 0.3 is 5.97 Å². The van der Waals surface area contributed by atoms with Crippen molar-refractivity contribution in [3.05, 3.63) is 35.7 Å². The maximum atomic E-state index is 11.7. The van der Waals surface area contributed by atoms with Gasteiger partial charge in [-0.15, -0.1) is 15.0 Å². The highest BCUT2D eigenvalue weighted by Crippen LogP contribution is 2.07. The molecule has 0 aliphatic heterocycles. The van der Waals surface area contributed by atoms with Gasteiger partial charge in [0, 0.05) is 6.42 Å². The molecular formula is C12H13N5O3. The quantitative estimate of drug-likeness (QED) is 0.733. The maximum Gasteiger partial charge on any atom is 0.320 e. The lowest BCUT2D eigenvalue weighted by atomic mass is 10.1. The summed E-state index contributed by atoms with van der Waals surface area (Å²) in [4.78, 5) is 23.5. The molecule has 8 nitrogen and oxygen atoms in total. The molecule has 0 saturated heterocycles. The molecule has 0 bridgehead atoms. The van der Waals surface area contributed by atoms with E-state index in [2.05, 4.69) is 15.4 Å². The first-order chi connectivity index (χ1) is 9.47. The van der Waals surface area contributed by atoms with Crippen molar-refractivity contribution < 1.29 is 14.7 Å². The number of nitrogens with two attached hydrogens (primary N) is 1. The van der Waals surface area contributed by atoms with Crippen LogP contribution >= 0.6 is 0 Å². The van der Waals surface area contributed by atoms with E-state index in [1.54, 1.807) is 12.1 Å². The number of aryl methyl sites for hydroxylation is 1. The summed E-state index contributed by atoms with van der Waals surface area (Å²) in [6.07, 6.45) is -0.366. The standard InChI is InChI=1S/C12H13N5O3/c1-7-2-4-8(5-3-7)17-15-11(14-16-17)10(18)6-9(13)12(19)20/h2-5,9H,6,13H2,1H3,(H,19,20)/t9-/m0/s1. The summed E-state index contributed by atoms with van der Waals surface area (Å²) < 4.78 is 0. The summed E-state index contributed by atoms with van der Waals surface area (Å²) in [7, 11) is 0. The Labute approximate surface area is 114 Å². The molecule has 0 amide bonds. The van der Waals surface area contributed by atoms with Gasteiger partial charge in [0.15, 0.2) is 0 Å². The topological polar surface area (TPSA) is 124 Å². The summed E-state index contributed by atoms with van der Waals surface area (Å²) >= 11 is 0. The Morgan fingerprint density at radius 1 is 1.35 bits per heavy atom. The van der Waals surface area contributed by atoms with Gasteiger partial charge in [0.05, 0.1) is 5.69 Å². The lowest BCUT2D eigenvalue weighted by molar-refractivity contribution is -0.138. The highest BCUT2D eigenvalue weighted by atomic mass is 16.4. The largest absolute Gasteiger partial charge is 0.480 e. The molecule has 1 heterocycles. The van der Waals surface area contributed by atoms with E-state index in [1.807, 2.05) is 19.1 Å². The van der Waals surface area contributed by atoms with Crippen LogP contribution in [-0.4, -0.2) is 43.1 Å². The molecule has 0 fully saturated rings. The average molecular weight is 275 g/mol. The SMILES string of the molecule is Cc1ccc(-n2nnc(C(=O)C[C@H](N)C(=O)O)n2)cc1. The summed E-state index contributed by atoms with van der Waals surface area (Å²) in [6, 6.07) is 6.05. The van der Waals surface area contributed by atoms with E-state index in [-0.39, 0.29) is 12.2 Å². The third-order valence-electron chi connectivity index (χ3n) is 2.65. The highest BCUT2D eigenvalue weighted by Gasteiger charge is 2.21. The molecule has 3 N–H and O–H groups in total. The number of hydrogen-bond acceptors (Lipinski definition) is 6. The number of rotatable bonds is 5. The van der Waals surface area contributed by atoms with Crippen LogP contribution in [0.15, 0.2) is 24.3 Å². The highest BCUT2D eigenvalue weighted by molar-refractivity contribution is 5.95. The van der Waals surface area contributed by atoms with Gasteiger partial charge in [-0.2, -0.15) is 0 Å². The number of nitrogens with zero attached hydrogens (tertiary/aromatic N) is 4. The molecule has 0 spiro atoms. The Morgan fingerprint density at radius 2 is 2.00 bits per heavy atom. The van der Waals surface area contributed by atoms with Gasteiger partial charge < -0.3 is 10.8 Å². The molecule has 0 radical (unpaired) electrons. The molecule has 2 rings (SSSR count). The molecule has 104 valence electrons. The van der Waals surface area contributed by atoms with Crippen LogP contribution in [0.5, 0.6) is 0 Å². The fourth-order valence-electron chi connectivity index (χ4n) is 1.49. The van der Waals surface area contributed by atoms with Crippen LogP contribution in [0.25, 0.3) is 5.69 Å². The molecule has 20 heavy (non-hydrogen) atoms. The van der Waals surface area contributed by atoms with Gasteiger partial charge in [-0.05, 0) is 24.3 Å². The Hall–Kier alpha value is -2.61. The molecule has 8 heteroatoms. The van der Waals surface area contributed by atoms with Crippen LogP contribution in [-0.2, 0) is 4.79 Å². The number of Topliss-reactive ketones (excluding diaryl/α,β-unsaturated/α-hetero) is 1. The first-order valence-electron chi connectivity index (χ1n) is 5.86. The van der Waals surface area contributed by atoms with E-state index in [1.165, 1.54) is 4.80 Å². The first-order valence-corrected chi connectivity index (χ1v) is 5.86. The van der Waals surface area contributed by atoms with E-state index in [0.29, 0.717) is 5.69 Å². The maximum absolute atomic E-state index is 11.7. The number of carboxylic acids is 1. The number of carboxylic acid groups (broad SMARTS) is 1. The van der Waals surface area contributed by atoms with Crippen molar-refractivity contribution in [1.29, 1.82) is 0 Å². The summed E-state index contributed by atoms with van der Waals surface area (Å²) in [5.41, 5.74) is 7.02. The van der Waals surface area contributed by atoms with E-state index in [0.717, 1.165) is 5.56 Å². The van der Waals surface area contributed by atoms with E-state index < -0.39 is 17.8 Å². The Balaban J connectivity index is 2.14. The molecule has 2 aromatic rings. The van der Waals surface area contributed by atoms with Crippen molar-refractivity contribution in [3.63, 3.8) is 0 Å². The zero-order valence-electron chi connectivity index (χ0n) is 10.7. The van der Waals surface area contributed by atoms with Crippen LogP contribution in [0.2, 0.25) is 0 Å². The molecule has 0 aliphatic carbocycles. The van der Waals surface area contributed by atoms with E-state index in [9.17, 15) is 9.59 Å². The van der Waals surface area contributed by atoms with Crippen molar-refractivity contribution in [2.24, 2.45) is 5.73 Å². The zero-order valence-corrected chi connectivity index (χ0v) is 10.7. The second-order valence-corrected chi connectivity index (χ2v) is 4.31. The van der Waals surface area contributed by atoms with Gasteiger partial charge in [-0.3, -0.25) is 9.59 Å². The minimum atomic E-state index is -1.27. The fourth-order valence-corrected chi connectivity index (χ4v) is 1.49. The van der Waals surface area contributed by atoms with Gasteiger partial charge in [-0.25, -0.2) is 0 Å². The number of aromatic nitrogens is 4. The second-order valence-electron chi connectivity index (χ2n) is 4.31. The fraction of sp³-hybridized carbons (Fsp3) is 0.250. The summed E-state index contributed by atoms with van der Waals surface area (Å²) in [5.74, 6) is -1.95. The normalized spacial score (nSPS) is 12.1. The first kappa shape index (κ1) is 13.8. The third kappa shape index (κ3) is 3.04. The van der Waals surface area contributed by atoms with Gasteiger partial charge in [0.2, 0.25) is 11.6 Å². The predicted octanol–water partition coefficient (Wildman–Crippen LogP) is -0.0446. The number of benzene rings is 1. The van der Waals surface area contributed by atoms with Gasteiger partial charge in [0.25, 0.3) is 0 Å². The third-order valence-corrected chi connectivity index (χ3v) is 2.65. The van der Waals surface area contributed by atoms with Crippen LogP contribution in [0.1, 0.15) is 22.6 Å². The Morgan fingerprint density at radius 3 is 2.60 bits per heavy atom. The van der Waals surface area contributed by atoms with Crippen LogP contribution in [0.3, 0.4) is 0 Å². The minimum absolute atomic E-state index is 0.151. The number of ketones is 1. The summed E-state index contributed by atoms with van der Waals surface area (Å²) in [5, 5.41) is 19.9. The minimum Gasteiger partial charge on any atom is -0.480 e. The zero-order chi connectivity index (χ0) is 14.7. The lowest BCUT2D eigenvalue weighted by Crippen LogP contribution is -2.32. The number of carbonyl (C=O) groups excluding carboxylic acids is 1. The molecule has 1 aromatic heterocycles. The van der Waals surface area contributed by atoms with Crippen LogP contribution in [0, 0.1) is 6.92 Å². The van der Waals surface area contributed by atoms with Gasteiger partial charge in [0.1, 0.15) is 6.04 Å². The molecule has 1 atom stereocenters. The number of hydrogen-bond donors (Lipinski definition) is 2. The number of tetrazole rings is 1. The smallest absolute Gasteiger partial charge is 0.320 e. The van der Waals surface area contributed by atoms with Crippen molar-refractivity contribution in [2.75, 3.05) is 0 Å². The molecule has 0 aliphatic rings. The number of aliphatic carboxylic acids is 1. The van der Waals surface area contributed by atoms with Crippen molar-refractivity contribution in [2.45, 2.75) is 19.4 Å². The summed E-state index contributed by atoms with van der Waals surface area (Å²) in [6.45, 7) is 1.95. The van der Waals surface area contributed by atoms with Crippen LogP contribution in [0.4, 0.5) is 0 Å². The number of carbonyl (C=O) groups is 2. The van der Waals surface area contributed by atoms with Crippen molar-refractivity contribution >= 4 is 11.8 Å². The average Bonchev–Trinajstić information content (AvgIpc) is 2.89. The van der Waals surface area contributed by atoms with E-state index in [4.69, 9.17) is 10.8 Å². The molecule has 0 saturated carbocycles. The van der Waals surface area contributed by atoms with Crippen molar-refractivity contribution in [3.8, 4) is 5.69 Å². The molecule has 0 unspecified atom stereocenters. The predicted molar refractivity (Wildman–Crippen MR) is 68.4 cm³/mol. The Bertz CT molecular complexity index is 635. The van der Waals surface area contributed by atoms with Crippen LogP contribution < -0.4 is 5.73 Å². The monoisotopic (exact) mass is 275 g/mol. The molecular weight excluding hydrogens is 262 g/mol.